The molecule has 0 fully saturated rings. The molecular formula is C22H30N2O5S2. The molecule has 31 heavy (non-hydrogen) atoms. The van der Waals surface area contributed by atoms with Gasteiger partial charge in [-0.25, -0.2) is 16.8 Å². The molecule has 2 rings (SSSR count). The first kappa shape index (κ1) is 24.9. The number of anilines is 1. The second-order valence-electron chi connectivity index (χ2n) is 8.70. The molecule has 2 aromatic carbocycles. The summed E-state index contributed by atoms with van der Waals surface area (Å²) in [5.41, 5.74) is 2.10. The molecule has 1 N–H and O–H groups in total. The standard InChI is InChI=1S/C22H30N2O5S2/c1-16(17-7-13-20(14-8-17)30(5,26)27)23-21(25)15-24(31(6,28)29)19-11-9-18(10-12-19)22(2,3)4/h7-14,16H,15H2,1-6H3,(H,23,25). The maximum Gasteiger partial charge on any atom is 0.241 e. The van der Waals surface area contributed by atoms with Crippen molar-refractivity contribution < 1.29 is 21.6 Å². The van der Waals surface area contributed by atoms with Crippen LogP contribution in [-0.2, 0) is 30.1 Å². The van der Waals surface area contributed by atoms with Crippen molar-refractivity contribution in [2.75, 3.05) is 23.4 Å². The Bertz CT molecular complexity index is 1130. The van der Waals surface area contributed by atoms with E-state index in [4.69, 9.17) is 0 Å². The Morgan fingerprint density at radius 1 is 0.935 bits per heavy atom. The van der Waals surface area contributed by atoms with Gasteiger partial charge in [0, 0.05) is 6.26 Å². The third-order valence-electron chi connectivity index (χ3n) is 4.89. The van der Waals surface area contributed by atoms with Crippen LogP contribution in [0.3, 0.4) is 0 Å². The molecule has 0 spiro atoms. The fourth-order valence-electron chi connectivity index (χ4n) is 3.03. The largest absolute Gasteiger partial charge is 0.348 e. The third kappa shape index (κ3) is 6.80. The van der Waals surface area contributed by atoms with Gasteiger partial charge >= 0.3 is 0 Å². The molecule has 1 atom stereocenters. The van der Waals surface area contributed by atoms with Crippen molar-refractivity contribution in [1.29, 1.82) is 0 Å². The fraction of sp³-hybridized carbons (Fsp3) is 0.409. The van der Waals surface area contributed by atoms with Crippen LogP contribution in [-0.4, -0.2) is 41.8 Å². The van der Waals surface area contributed by atoms with E-state index < -0.39 is 31.8 Å². The molecule has 0 aliphatic rings. The number of carbonyl (C=O) groups is 1. The molecule has 0 aromatic heterocycles. The van der Waals surface area contributed by atoms with E-state index >= 15 is 0 Å². The Morgan fingerprint density at radius 2 is 1.45 bits per heavy atom. The van der Waals surface area contributed by atoms with Crippen LogP contribution in [0.15, 0.2) is 53.4 Å². The number of sulfonamides is 1. The number of nitrogens with zero attached hydrogens (tertiary/aromatic N) is 1. The first-order valence-corrected chi connectivity index (χ1v) is 13.5. The number of rotatable bonds is 7. The van der Waals surface area contributed by atoms with Crippen molar-refractivity contribution in [3.05, 3.63) is 59.7 Å². The summed E-state index contributed by atoms with van der Waals surface area (Å²) >= 11 is 0. The van der Waals surface area contributed by atoms with Crippen LogP contribution in [0.25, 0.3) is 0 Å². The van der Waals surface area contributed by atoms with E-state index in [0.29, 0.717) is 11.3 Å². The highest BCUT2D eigenvalue weighted by molar-refractivity contribution is 7.92. The lowest BCUT2D eigenvalue weighted by Crippen LogP contribution is -2.41. The van der Waals surface area contributed by atoms with Gasteiger partial charge in [-0.05, 0) is 47.7 Å². The Labute approximate surface area is 185 Å². The number of sulfone groups is 1. The Morgan fingerprint density at radius 3 is 1.87 bits per heavy atom. The van der Waals surface area contributed by atoms with Gasteiger partial charge in [0.1, 0.15) is 6.54 Å². The number of benzene rings is 2. The van der Waals surface area contributed by atoms with Gasteiger partial charge in [-0.1, -0.05) is 45.0 Å². The minimum absolute atomic E-state index is 0.0755. The summed E-state index contributed by atoms with van der Waals surface area (Å²) in [5.74, 6) is -0.468. The summed E-state index contributed by atoms with van der Waals surface area (Å²) in [6, 6.07) is 12.9. The van der Waals surface area contributed by atoms with Gasteiger partial charge in [-0.15, -0.1) is 0 Å². The maximum atomic E-state index is 12.6. The normalized spacial score (nSPS) is 13.5. The van der Waals surface area contributed by atoms with Crippen LogP contribution < -0.4 is 9.62 Å². The second kappa shape index (κ2) is 9.00. The monoisotopic (exact) mass is 466 g/mol. The molecule has 0 bridgehead atoms. The number of amides is 1. The molecule has 0 aliphatic heterocycles. The zero-order valence-corrected chi connectivity index (χ0v) is 20.3. The topological polar surface area (TPSA) is 101 Å². The molecular weight excluding hydrogens is 436 g/mol. The quantitative estimate of drug-likeness (QED) is 0.676. The molecule has 1 unspecified atom stereocenters. The molecule has 0 saturated carbocycles. The fourth-order valence-corrected chi connectivity index (χ4v) is 4.52. The van der Waals surface area contributed by atoms with Crippen molar-refractivity contribution in [1.82, 2.24) is 5.32 Å². The van der Waals surface area contributed by atoms with E-state index in [1.807, 2.05) is 12.1 Å². The molecule has 1 amide bonds. The Balaban J connectivity index is 2.16. The van der Waals surface area contributed by atoms with Gasteiger partial charge in [0.15, 0.2) is 9.84 Å². The van der Waals surface area contributed by atoms with E-state index in [2.05, 4.69) is 26.1 Å². The molecule has 0 saturated heterocycles. The second-order valence-corrected chi connectivity index (χ2v) is 12.6. The average molecular weight is 467 g/mol. The zero-order valence-electron chi connectivity index (χ0n) is 18.7. The molecule has 0 radical (unpaired) electrons. The van der Waals surface area contributed by atoms with Crippen LogP contribution in [0.4, 0.5) is 5.69 Å². The lowest BCUT2D eigenvalue weighted by molar-refractivity contribution is -0.120. The van der Waals surface area contributed by atoms with Crippen molar-refractivity contribution in [3.63, 3.8) is 0 Å². The minimum Gasteiger partial charge on any atom is -0.348 e. The SMILES string of the molecule is CC(NC(=O)CN(c1ccc(C(C)(C)C)cc1)S(C)(=O)=O)c1ccc(S(C)(=O)=O)cc1. The van der Waals surface area contributed by atoms with Gasteiger partial charge in [0.05, 0.1) is 22.9 Å². The summed E-state index contributed by atoms with van der Waals surface area (Å²) in [6.45, 7) is 7.57. The highest BCUT2D eigenvalue weighted by atomic mass is 32.2. The summed E-state index contributed by atoms with van der Waals surface area (Å²) in [4.78, 5) is 12.8. The highest BCUT2D eigenvalue weighted by Crippen LogP contribution is 2.26. The van der Waals surface area contributed by atoms with Crippen LogP contribution >= 0.6 is 0 Å². The zero-order chi connectivity index (χ0) is 23.6. The summed E-state index contributed by atoms with van der Waals surface area (Å²) in [6.07, 6.45) is 2.19. The number of hydrogen-bond donors (Lipinski definition) is 1. The Hall–Kier alpha value is -2.39. The van der Waals surface area contributed by atoms with Gasteiger partial charge in [-0.2, -0.15) is 0 Å². The van der Waals surface area contributed by atoms with E-state index in [0.717, 1.165) is 22.4 Å². The molecule has 2 aromatic rings. The number of carbonyl (C=O) groups excluding carboxylic acids is 1. The summed E-state index contributed by atoms with van der Waals surface area (Å²) in [5, 5.41) is 2.77. The van der Waals surface area contributed by atoms with Crippen LogP contribution in [0.2, 0.25) is 0 Å². The van der Waals surface area contributed by atoms with E-state index in [9.17, 15) is 21.6 Å². The summed E-state index contributed by atoms with van der Waals surface area (Å²) < 4.78 is 48.9. The van der Waals surface area contributed by atoms with Crippen molar-refractivity contribution in [2.24, 2.45) is 0 Å². The van der Waals surface area contributed by atoms with E-state index in [1.54, 1.807) is 31.2 Å². The number of hydrogen-bond acceptors (Lipinski definition) is 5. The first-order valence-electron chi connectivity index (χ1n) is 9.76. The minimum atomic E-state index is -3.68. The molecule has 9 heteroatoms. The predicted molar refractivity (Wildman–Crippen MR) is 123 cm³/mol. The van der Waals surface area contributed by atoms with Crippen molar-refractivity contribution in [3.8, 4) is 0 Å². The number of nitrogens with one attached hydrogen (secondary N) is 1. The Kier molecular flexibility index (Phi) is 7.22. The van der Waals surface area contributed by atoms with E-state index in [1.165, 1.54) is 12.1 Å². The average Bonchev–Trinajstić information content (AvgIpc) is 2.64. The van der Waals surface area contributed by atoms with Gasteiger partial charge in [-0.3, -0.25) is 9.10 Å². The van der Waals surface area contributed by atoms with Gasteiger partial charge in [0.25, 0.3) is 0 Å². The summed E-state index contributed by atoms with van der Waals surface area (Å²) in [7, 11) is -6.98. The third-order valence-corrected chi connectivity index (χ3v) is 7.16. The predicted octanol–water partition coefficient (Wildman–Crippen LogP) is 3.03. The lowest BCUT2D eigenvalue weighted by Gasteiger charge is -2.25. The first-order chi connectivity index (χ1) is 14.1. The van der Waals surface area contributed by atoms with Crippen molar-refractivity contribution >= 4 is 31.5 Å². The molecule has 170 valence electrons. The molecule has 7 nitrogen and oxygen atoms in total. The van der Waals surface area contributed by atoms with Gasteiger partial charge in [0.2, 0.25) is 15.9 Å². The van der Waals surface area contributed by atoms with Crippen LogP contribution in [0.1, 0.15) is 44.9 Å². The molecule has 0 aliphatic carbocycles. The highest BCUT2D eigenvalue weighted by Gasteiger charge is 2.23. The lowest BCUT2D eigenvalue weighted by atomic mass is 9.87. The van der Waals surface area contributed by atoms with Crippen LogP contribution in [0, 0.1) is 0 Å². The van der Waals surface area contributed by atoms with Gasteiger partial charge < -0.3 is 5.32 Å². The molecule has 0 heterocycles. The van der Waals surface area contributed by atoms with Crippen LogP contribution in [0.5, 0.6) is 0 Å². The maximum absolute atomic E-state index is 12.6. The smallest absolute Gasteiger partial charge is 0.241 e. The van der Waals surface area contributed by atoms with E-state index in [-0.39, 0.29) is 16.9 Å². The van der Waals surface area contributed by atoms with Crippen molar-refractivity contribution in [2.45, 2.75) is 44.0 Å².